The van der Waals surface area contributed by atoms with E-state index in [1.54, 1.807) is 45.8 Å². The Bertz CT molecular complexity index is 1100. The van der Waals surface area contributed by atoms with Crippen molar-refractivity contribution in [1.29, 1.82) is 0 Å². The normalized spacial score (nSPS) is 29.3. The van der Waals surface area contributed by atoms with Gasteiger partial charge in [0.25, 0.3) is 5.91 Å². The van der Waals surface area contributed by atoms with E-state index in [4.69, 9.17) is 16.3 Å². The molecule has 206 valence electrons. The molecule has 1 spiro atoms. The minimum absolute atomic E-state index is 0.0787. The average molecular weight is 561 g/mol. The SMILES string of the molecule is C=CCCOC(=O)[C@@H]1[C@H]2C(=O)N(CCCCCO)C(C(=O)N(CC=C)c3ccccc3Cl)C23CC[C@@]1(C)S3. The number of rotatable bonds is 13. The third-order valence-electron chi connectivity index (χ3n) is 8.11. The summed E-state index contributed by atoms with van der Waals surface area (Å²) in [5, 5.41) is 9.68. The van der Waals surface area contributed by atoms with Crippen molar-refractivity contribution in [3.05, 3.63) is 54.6 Å². The first kappa shape index (κ1) is 28.7. The molecule has 5 atom stereocenters. The molecule has 1 aromatic rings. The lowest BCUT2D eigenvalue weighted by molar-refractivity contribution is -0.155. The van der Waals surface area contributed by atoms with E-state index in [0.29, 0.717) is 42.9 Å². The highest BCUT2D eigenvalue weighted by Crippen LogP contribution is 2.71. The highest BCUT2D eigenvalue weighted by atomic mass is 35.5. The molecule has 0 radical (unpaired) electrons. The molecule has 9 heteroatoms. The second-order valence-electron chi connectivity index (χ2n) is 10.5. The van der Waals surface area contributed by atoms with Crippen LogP contribution in [0.5, 0.6) is 0 Å². The minimum atomic E-state index is -0.747. The van der Waals surface area contributed by atoms with E-state index in [9.17, 15) is 19.5 Å². The molecule has 3 heterocycles. The van der Waals surface area contributed by atoms with Crippen molar-refractivity contribution in [3.63, 3.8) is 0 Å². The maximum Gasteiger partial charge on any atom is 0.311 e. The Morgan fingerprint density at radius 3 is 2.68 bits per heavy atom. The predicted octanol–water partition coefficient (Wildman–Crippen LogP) is 4.62. The Labute approximate surface area is 234 Å². The molecule has 0 aliphatic carbocycles. The van der Waals surface area contributed by atoms with Gasteiger partial charge in [-0.1, -0.05) is 35.9 Å². The molecule has 0 saturated carbocycles. The second kappa shape index (κ2) is 11.8. The summed E-state index contributed by atoms with van der Waals surface area (Å²) < 4.78 is 4.39. The van der Waals surface area contributed by atoms with E-state index in [1.807, 2.05) is 19.1 Å². The number of ether oxygens (including phenoxy) is 1. The molecule has 3 aliphatic rings. The van der Waals surface area contributed by atoms with Gasteiger partial charge in [0.15, 0.2) is 0 Å². The molecule has 3 saturated heterocycles. The van der Waals surface area contributed by atoms with Crippen LogP contribution in [0.2, 0.25) is 5.02 Å². The Hall–Kier alpha value is -2.29. The van der Waals surface area contributed by atoms with Gasteiger partial charge in [-0.2, -0.15) is 0 Å². The molecule has 1 aromatic carbocycles. The van der Waals surface area contributed by atoms with Crippen LogP contribution in [0.15, 0.2) is 49.6 Å². The molecule has 2 amide bonds. The monoisotopic (exact) mass is 560 g/mol. The van der Waals surface area contributed by atoms with Gasteiger partial charge < -0.3 is 19.6 Å². The number of likely N-dealkylation sites (tertiary alicyclic amines) is 1. The van der Waals surface area contributed by atoms with Crippen LogP contribution in [0.3, 0.4) is 0 Å². The Morgan fingerprint density at radius 2 is 2.00 bits per heavy atom. The summed E-state index contributed by atoms with van der Waals surface area (Å²) in [5.41, 5.74) is 0.565. The number of carbonyl (C=O) groups is 3. The molecule has 4 rings (SSSR count). The van der Waals surface area contributed by atoms with E-state index in [2.05, 4.69) is 13.2 Å². The number of amides is 2. The maximum atomic E-state index is 14.5. The summed E-state index contributed by atoms with van der Waals surface area (Å²) >= 11 is 8.14. The fourth-order valence-corrected chi connectivity index (χ4v) is 9.04. The van der Waals surface area contributed by atoms with Gasteiger partial charge in [-0.05, 0) is 57.6 Å². The largest absolute Gasteiger partial charge is 0.465 e. The lowest BCUT2D eigenvalue weighted by Gasteiger charge is -2.37. The lowest BCUT2D eigenvalue weighted by Crippen LogP contribution is -2.55. The standard InChI is InChI=1S/C29H37ClN2O5S/c1-4-6-19-37-27(36)23-22-25(34)32(17-10-7-11-18-33)24(29(22)15-14-28(23,3)38-29)26(35)31(16-5-2)21-13-9-8-12-20(21)30/h4-5,8-9,12-13,22-24,33H,1-2,6-7,10-11,14-19H2,3H3/t22-,23-,24?,28+,29?/m0/s1. The Balaban J connectivity index is 1.74. The molecule has 7 nitrogen and oxygen atoms in total. The van der Waals surface area contributed by atoms with Gasteiger partial charge in [0.1, 0.15) is 6.04 Å². The minimum Gasteiger partial charge on any atom is -0.465 e. The van der Waals surface area contributed by atoms with Gasteiger partial charge in [0.05, 0.1) is 33.9 Å². The zero-order valence-electron chi connectivity index (χ0n) is 21.9. The van der Waals surface area contributed by atoms with Gasteiger partial charge in [0.2, 0.25) is 5.91 Å². The van der Waals surface area contributed by atoms with Crippen LogP contribution in [0.1, 0.15) is 45.4 Å². The van der Waals surface area contributed by atoms with Crippen molar-refractivity contribution in [3.8, 4) is 0 Å². The van der Waals surface area contributed by atoms with E-state index in [1.165, 1.54) is 0 Å². The molecule has 3 aliphatic heterocycles. The van der Waals surface area contributed by atoms with Crippen molar-refractivity contribution >= 4 is 46.8 Å². The number of hydrogen-bond donors (Lipinski definition) is 1. The zero-order valence-corrected chi connectivity index (χ0v) is 23.5. The number of nitrogens with zero attached hydrogens (tertiary/aromatic N) is 2. The summed E-state index contributed by atoms with van der Waals surface area (Å²) in [6.07, 6.45) is 7.28. The van der Waals surface area contributed by atoms with Crippen LogP contribution in [0.25, 0.3) is 0 Å². The van der Waals surface area contributed by atoms with Gasteiger partial charge in [-0.3, -0.25) is 14.4 Å². The number of benzene rings is 1. The number of carbonyl (C=O) groups excluding carboxylic acids is 3. The third-order valence-corrected chi connectivity index (χ3v) is 10.4. The number of fused-ring (bicyclic) bond motifs is 1. The number of esters is 1. The summed E-state index contributed by atoms with van der Waals surface area (Å²) in [7, 11) is 0. The summed E-state index contributed by atoms with van der Waals surface area (Å²) in [5.74, 6) is -2.00. The van der Waals surface area contributed by atoms with Crippen molar-refractivity contribution < 1.29 is 24.2 Å². The lowest BCUT2D eigenvalue weighted by atomic mass is 9.66. The molecule has 0 aromatic heterocycles. The van der Waals surface area contributed by atoms with Crippen LogP contribution < -0.4 is 4.90 Å². The van der Waals surface area contributed by atoms with Crippen LogP contribution in [-0.2, 0) is 19.1 Å². The highest BCUT2D eigenvalue weighted by molar-refractivity contribution is 8.02. The zero-order chi connectivity index (χ0) is 27.5. The molecule has 38 heavy (non-hydrogen) atoms. The first-order chi connectivity index (χ1) is 18.3. The predicted molar refractivity (Wildman–Crippen MR) is 151 cm³/mol. The average Bonchev–Trinajstić information content (AvgIpc) is 3.46. The molecular formula is C29H37ClN2O5S. The van der Waals surface area contributed by atoms with Crippen LogP contribution >= 0.6 is 23.4 Å². The van der Waals surface area contributed by atoms with Crippen LogP contribution in [-0.4, -0.2) is 69.6 Å². The number of halogens is 1. The van der Waals surface area contributed by atoms with Gasteiger partial charge >= 0.3 is 5.97 Å². The quantitative estimate of drug-likeness (QED) is 0.215. The van der Waals surface area contributed by atoms with E-state index in [-0.39, 0.29) is 37.5 Å². The molecule has 3 fully saturated rings. The molecule has 2 unspecified atom stereocenters. The van der Waals surface area contributed by atoms with Crippen LogP contribution in [0, 0.1) is 11.8 Å². The number of aliphatic hydroxyl groups is 1. The molecule has 2 bridgehead atoms. The number of aliphatic hydroxyl groups excluding tert-OH is 1. The van der Waals surface area contributed by atoms with Crippen molar-refractivity contribution in [1.82, 2.24) is 4.90 Å². The van der Waals surface area contributed by atoms with Crippen molar-refractivity contribution in [2.75, 3.05) is 31.2 Å². The number of unbranched alkanes of at least 4 members (excludes halogenated alkanes) is 2. The first-order valence-electron chi connectivity index (χ1n) is 13.3. The maximum absolute atomic E-state index is 14.5. The molecule has 1 N–H and O–H groups in total. The second-order valence-corrected chi connectivity index (χ2v) is 12.8. The van der Waals surface area contributed by atoms with E-state index >= 15 is 0 Å². The number of para-hydroxylation sites is 1. The van der Waals surface area contributed by atoms with Gasteiger partial charge in [-0.15, -0.1) is 24.9 Å². The van der Waals surface area contributed by atoms with E-state index in [0.717, 1.165) is 12.8 Å². The number of anilines is 1. The third kappa shape index (κ3) is 4.91. The molecular weight excluding hydrogens is 524 g/mol. The summed E-state index contributed by atoms with van der Waals surface area (Å²) in [6, 6.07) is 6.41. The van der Waals surface area contributed by atoms with Gasteiger partial charge in [0, 0.05) is 24.4 Å². The Kier molecular flexibility index (Phi) is 8.95. The van der Waals surface area contributed by atoms with Crippen molar-refractivity contribution in [2.45, 2.75) is 61.0 Å². The van der Waals surface area contributed by atoms with Crippen molar-refractivity contribution in [2.24, 2.45) is 11.8 Å². The summed E-state index contributed by atoms with van der Waals surface area (Å²) in [4.78, 5) is 45.3. The topological polar surface area (TPSA) is 87.1 Å². The number of hydrogen-bond acceptors (Lipinski definition) is 6. The first-order valence-corrected chi connectivity index (χ1v) is 14.5. The Morgan fingerprint density at radius 1 is 1.24 bits per heavy atom. The smallest absolute Gasteiger partial charge is 0.311 e. The fourth-order valence-electron chi connectivity index (χ4n) is 6.46. The summed E-state index contributed by atoms with van der Waals surface area (Å²) in [6.45, 7) is 10.5. The fraction of sp³-hybridized carbons (Fsp3) is 0.552. The van der Waals surface area contributed by atoms with Crippen LogP contribution in [0.4, 0.5) is 5.69 Å². The van der Waals surface area contributed by atoms with E-state index < -0.39 is 27.4 Å². The van der Waals surface area contributed by atoms with Gasteiger partial charge in [-0.25, -0.2) is 0 Å². The number of thioether (sulfide) groups is 1. The highest BCUT2D eigenvalue weighted by Gasteiger charge is 2.77.